The summed E-state index contributed by atoms with van der Waals surface area (Å²) in [6, 6.07) is 13.2. The second kappa shape index (κ2) is 7.28. The van der Waals surface area contributed by atoms with E-state index in [4.69, 9.17) is 14.2 Å². The van der Waals surface area contributed by atoms with Gasteiger partial charge in [-0.3, -0.25) is 4.79 Å². The van der Waals surface area contributed by atoms with Crippen LogP contribution in [0.25, 0.3) is 0 Å². The number of amides is 1. The van der Waals surface area contributed by atoms with E-state index in [9.17, 15) is 4.79 Å². The number of methoxy groups -OCH3 is 1. The lowest BCUT2D eigenvalue weighted by Gasteiger charge is -2.38. The van der Waals surface area contributed by atoms with E-state index in [0.717, 1.165) is 22.6 Å². The molecule has 1 aliphatic rings. The number of carbonyl (C=O) groups is 1. The number of rotatable bonds is 5. The van der Waals surface area contributed by atoms with E-state index >= 15 is 0 Å². The number of fused-ring (bicyclic) bond motifs is 1. The van der Waals surface area contributed by atoms with Crippen LogP contribution >= 0.6 is 0 Å². The van der Waals surface area contributed by atoms with Crippen LogP contribution < -0.4 is 19.5 Å². The van der Waals surface area contributed by atoms with E-state index in [1.165, 1.54) is 0 Å². The van der Waals surface area contributed by atoms with Crippen molar-refractivity contribution in [3.05, 3.63) is 53.6 Å². The molecule has 0 spiro atoms. The Bertz CT molecular complexity index is 800. The van der Waals surface area contributed by atoms with Crippen molar-refractivity contribution in [1.82, 2.24) is 5.32 Å². The highest BCUT2D eigenvalue weighted by molar-refractivity contribution is 5.78. The number of hydrogen-bond donors (Lipinski definition) is 1. The zero-order chi connectivity index (χ0) is 18.7. The molecular formula is C21H25NO4. The highest BCUT2D eigenvalue weighted by atomic mass is 16.5. The third kappa shape index (κ3) is 4.28. The maximum absolute atomic E-state index is 12.4. The van der Waals surface area contributed by atoms with Crippen LogP contribution in [0.1, 0.15) is 37.4 Å². The molecule has 0 unspecified atom stereocenters. The Morgan fingerprint density at radius 3 is 2.77 bits per heavy atom. The molecular weight excluding hydrogens is 330 g/mol. The Hall–Kier alpha value is -2.69. The normalized spacial score (nSPS) is 17.6. The fourth-order valence-corrected chi connectivity index (χ4v) is 3.18. The van der Waals surface area contributed by atoms with E-state index in [2.05, 4.69) is 5.32 Å². The van der Waals surface area contributed by atoms with Crippen molar-refractivity contribution in [1.29, 1.82) is 0 Å². The van der Waals surface area contributed by atoms with Crippen LogP contribution in [0.5, 0.6) is 17.2 Å². The predicted molar refractivity (Wildman–Crippen MR) is 99.9 cm³/mol. The zero-order valence-corrected chi connectivity index (χ0v) is 15.7. The molecule has 5 heteroatoms. The van der Waals surface area contributed by atoms with E-state index in [0.29, 0.717) is 12.2 Å². The molecule has 26 heavy (non-hydrogen) atoms. The maximum Gasteiger partial charge on any atom is 0.258 e. The molecule has 0 bridgehead atoms. The topological polar surface area (TPSA) is 56.8 Å². The van der Waals surface area contributed by atoms with Crippen LogP contribution in [0, 0.1) is 6.92 Å². The molecule has 0 saturated carbocycles. The average molecular weight is 355 g/mol. The summed E-state index contributed by atoms with van der Waals surface area (Å²) in [7, 11) is 1.62. The van der Waals surface area contributed by atoms with Gasteiger partial charge in [0.2, 0.25) is 0 Å². The third-order valence-corrected chi connectivity index (χ3v) is 4.37. The summed E-state index contributed by atoms with van der Waals surface area (Å²) in [5.41, 5.74) is 1.67. The van der Waals surface area contributed by atoms with Crippen LogP contribution in [0.3, 0.4) is 0 Å². The molecule has 1 amide bonds. The largest absolute Gasteiger partial charge is 0.497 e. The number of hydrogen-bond acceptors (Lipinski definition) is 4. The molecule has 1 aliphatic heterocycles. The van der Waals surface area contributed by atoms with Crippen molar-refractivity contribution < 1.29 is 19.0 Å². The van der Waals surface area contributed by atoms with Gasteiger partial charge >= 0.3 is 0 Å². The molecule has 0 saturated heterocycles. The van der Waals surface area contributed by atoms with Gasteiger partial charge in [-0.05, 0) is 50.6 Å². The zero-order valence-electron chi connectivity index (χ0n) is 15.7. The van der Waals surface area contributed by atoms with Crippen molar-refractivity contribution in [2.75, 3.05) is 13.7 Å². The lowest BCUT2D eigenvalue weighted by atomic mass is 9.89. The van der Waals surface area contributed by atoms with Crippen LogP contribution in [0.2, 0.25) is 0 Å². The lowest BCUT2D eigenvalue weighted by molar-refractivity contribution is -0.124. The van der Waals surface area contributed by atoms with Crippen molar-refractivity contribution >= 4 is 5.91 Å². The van der Waals surface area contributed by atoms with Crippen LogP contribution in [-0.4, -0.2) is 25.2 Å². The first-order valence-electron chi connectivity index (χ1n) is 8.72. The molecule has 0 aliphatic carbocycles. The summed E-state index contributed by atoms with van der Waals surface area (Å²) >= 11 is 0. The summed E-state index contributed by atoms with van der Waals surface area (Å²) < 4.78 is 16.9. The molecule has 3 rings (SSSR count). The van der Waals surface area contributed by atoms with E-state index in [-0.39, 0.29) is 24.2 Å². The minimum Gasteiger partial charge on any atom is -0.497 e. The standard InChI is InChI=1S/C21H25NO4/c1-14-6-5-7-16(10-14)25-13-20(23)22-18-12-21(2,3)26-19-11-15(24-4)8-9-17(18)19/h5-11,18H,12-13H2,1-4H3,(H,22,23)/t18-/m1/s1. The van der Waals surface area contributed by atoms with Gasteiger partial charge in [-0.1, -0.05) is 12.1 Å². The average Bonchev–Trinajstić information content (AvgIpc) is 2.58. The van der Waals surface area contributed by atoms with E-state index < -0.39 is 0 Å². The van der Waals surface area contributed by atoms with Gasteiger partial charge in [-0.15, -0.1) is 0 Å². The van der Waals surface area contributed by atoms with Crippen molar-refractivity contribution in [2.45, 2.75) is 38.8 Å². The first-order valence-corrected chi connectivity index (χ1v) is 8.72. The molecule has 138 valence electrons. The van der Waals surface area contributed by atoms with E-state index in [1.54, 1.807) is 7.11 Å². The molecule has 1 N–H and O–H groups in total. The van der Waals surface area contributed by atoms with Gasteiger partial charge in [0.15, 0.2) is 6.61 Å². The molecule has 5 nitrogen and oxygen atoms in total. The molecule has 2 aromatic carbocycles. The molecule has 0 radical (unpaired) electrons. The minimum atomic E-state index is -0.380. The van der Waals surface area contributed by atoms with Gasteiger partial charge in [-0.2, -0.15) is 0 Å². The molecule has 1 atom stereocenters. The number of benzene rings is 2. The van der Waals surface area contributed by atoms with Gasteiger partial charge in [0.25, 0.3) is 5.91 Å². The molecule has 0 aromatic heterocycles. The summed E-state index contributed by atoms with van der Waals surface area (Å²) in [4.78, 5) is 12.4. The van der Waals surface area contributed by atoms with Gasteiger partial charge in [0.05, 0.1) is 13.2 Å². The second-order valence-corrected chi connectivity index (χ2v) is 7.19. The van der Waals surface area contributed by atoms with Gasteiger partial charge in [0.1, 0.15) is 22.8 Å². The summed E-state index contributed by atoms with van der Waals surface area (Å²) in [5.74, 6) is 2.01. The highest BCUT2D eigenvalue weighted by Gasteiger charge is 2.34. The highest BCUT2D eigenvalue weighted by Crippen LogP contribution is 2.41. The van der Waals surface area contributed by atoms with E-state index in [1.807, 2.05) is 63.2 Å². The summed E-state index contributed by atoms with van der Waals surface area (Å²) in [6.45, 7) is 5.99. The molecule has 0 fully saturated rings. The first-order chi connectivity index (χ1) is 12.4. The number of nitrogens with one attached hydrogen (secondary N) is 1. The van der Waals surface area contributed by atoms with Crippen molar-refractivity contribution in [3.63, 3.8) is 0 Å². The van der Waals surface area contributed by atoms with Gasteiger partial charge < -0.3 is 19.5 Å². The van der Waals surface area contributed by atoms with Gasteiger partial charge in [-0.25, -0.2) is 0 Å². The monoisotopic (exact) mass is 355 g/mol. The minimum absolute atomic E-state index is 0.0211. The second-order valence-electron chi connectivity index (χ2n) is 7.19. The predicted octanol–water partition coefficient (Wildman–Crippen LogP) is 3.80. The Balaban J connectivity index is 1.69. The van der Waals surface area contributed by atoms with Crippen molar-refractivity contribution in [2.24, 2.45) is 0 Å². The van der Waals surface area contributed by atoms with Crippen LogP contribution in [0.15, 0.2) is 42.5 Å². The Labute approximate surface area is 154 Å². The number of aryl methyl sites for hydroxylation is 1. The molecule has 2 aromatic rings. The van der Waals surface area contributed by atoms with Crippen LogP contribution in [0.4, 0.5) is 0 Å². The first kappa shape index (κ1) is 18.1. The maximum atomic E-state index is 12.4. The fourth-order valence-electron chi connectivity index (χ4n) is 3.18. The quantitative estimate of drug-likeness (QED) is 0.886. The number of ether oxygens (including phenoxy) is 3. The van der Waals surface area contributed by atoms with Crippen molar-refractivity contribution in [3.8, 4) is 17.2 Å². The fraction of sp³-hybridized carbons (Fsp3) is 0.381. The lowest BCUT2D eigenvalue weighted by Crippen LogP contribution is -2.42. The van der Waals surface area contributed by atoms with Gasteiger partial charge in [0, 0.05) is 18.1 Å². The summed E-state index contributed by atoms with van der Waals surface area (Å²) in [6.07, 6.45) is 0.683. The SMILES string of the molecule is COc1ccc2c(c1)OC(C)(C)C[C@H]2NC(=O)COc1cccc(C)c1. The smallest absolute Gasteiger partial charge is 0.258 e. The van der Waals surface area contributed by atoms with Crippen LogP contribution in [-0.2, 0) is 4.79 Å². The Morgan fingerprint density at radius 2 is 2.04 bits per heavy atom. The summed E-state index contributed by atoms with van der Waals surface area (Å²) in [5, 5.41) is 3.07. The number of carbonyl (C=O) groups excluding carboxylic acids is 1. The molecule has 1 heterocycles. The third-order valence-electron chi connectivity index (χ3n) is 4.37. The Morgan fingerprint density at radius 1 is 1.23 bits per heavy atom. The Kier molecular flexibility index (Phi) is 5.07.